The largest absolute Gasteiger partial charge is 0.363 e. The molecule has 118 valence electrons. The molecule has 0 atom stereocenters. The van der Waals surface area contributed by atoms with E-state index in [1.54, 1.807) is 30.4 Å². The first kappa shape index (κ1) is 15.4. The van der Waals surface area contributed by atoms with Crippen molar-refractivity contribution in [3.8, 4) is 0 Å². The molecule has 1 N–H and O–H groups in total. The molecule has 0 spiro atoms. The number of fused-ring (bicyclic) bond motifs is 1. The van der Waals surface area contributed by atoms with Gasteiger partial charge in [0.25, 0.3) is 5.56 Å². The van der Waals surface area contributed by atoms with Crippen molar-refractivity contribution in [2.45, 2.75) is 0 Å². The van der Waals surface area contributed by atoms with Gasteiger partial charge in [-0.25, -0.2) is 0 Å². The number of hydrogen-bond acceptors (Lipinski definition) is 4. The van der Waals surface area contributed by atoms with E-state index in [4.69, 9.17) is 0 Å². The lowest BCUT2D eigenvalue weighted by molar-refractivity contribution is -0.389. The van der Waals surface area contributed by atoms with Gasteiger partial charge < -0.3 is 15.1 Å². The molecule has 0 radical (unpaired) electrons. The molecular weight excluding hydrogens is 306 g/mol. The molecule has 1 aromatic carbocycles. The Morgan fingerprint density at radius 2 is 1.88 bits per heavy atom. The second-order valence-electron chi connectivity index (χ2n) is 5.07. The molecular formula is C18H13N3O3. The van der Waals surface area contributed by atoms with Gasteiger partial charge in [0.05, 0.1) is 0 Å². The van der Waals surface area contributed by atoms with E-state index in [9.17, 15) is 14.9 Å². The number of nitrogens with zero attached hydrogens (tertiary/aromatic N) is 2. The van der Waals surface area contributed by atoms with E-state index in [0.717, 1.165) is 16.5 Å². The van der Waals surface area contributed by atoms with Gasteiger partial charge >= 0.3 is 5.82 Å². The number of pyridine rings is 2. The van der Waals surface area contributed by atoms with Gasteiger partial charge in [-0.2, -0.15) is 0 Å². The highest BCUT2D eigenvalue weighted by Crippen LogP contribution is 2.11. The zero-order valence-corrected chi connectivity index (χ0v) is 12.5. The number of nitrogens with one attached hydrogen (secondary N) is 1. The van der Waals surface area contributed by atoms with Crippen LogP contribution in [0.3, 0.4) is 0 Å². The van der Waals surface area contributed by atoms with Crippen LogP contribution in [0.15, 0.2) is 65.6 Å². The quantitative estimate of drug-likeness (QED) is 0.452. The van der Waals surface area contributed by atoms with Gasteiger partial charge in [0.2, 0.25) is 0 Å². The minimum Gasteiger partial charge on any atom is -0.358 e. The van der Waals surface area contributed by atoms with E-state index in [-0.39, 0.29) is 11.4 Å². The summed E-state index contributed by atoms with van der Waals surface area (Å²) >= 11 is 0. The number of hydrogen-bond donors (Lipinski definition) is 1. The molecule has 24 heavy (non-hydrogen) atoms. The van der Waals surface area contributed by atoms with Gasteiger partial charge in [-0.3, -0.25) is 4.79 Å². The zero-order valence-electron chi connectivity index (χ0n) is 12.5. The first-order valence-corrected chi connectivity index (χ1v) is 7.21. The van der Waals surface area contributed by atoms with Crippen molar-refractivity contribution in [3.05, 3.63) is 92.4 Å². The molecule has 6 nitrogen and oxygen atoms in total. The van der Waals surface area contributed by atoms with Crippen LogP contribution < -0.4 is 5.56 Å². The van der Waals surface area contributed by atoms with E-state index < -0.39 is 4.92 Å². The van der Waals surface area contributed by atoms with Gasteiger partial charge in [-0.15, -0.1) is 0 Å². The molecule has 0 bridgehead atoms. The van der Waals surface area contributed by atoms with E-state index in [0.29, 0.717) is 5.56 Å². The normalized spacial score (nSPS) is 11.5. The molecule has 0 aliphatic heterocycles. The van der Waals surface area contributed by atoms with Crippen LogP contribution in [0, 0.1) is 10.1 Å². The topological polar surface area (TPSA) is 88.9 Å². The zero-order chi connectivity index (χ0) is 16.9. The highest BCUT2D eigenvalue weighted by atomic mass is 16.6. The van der Waals surface area contributed by atoms with Crippen molar-refractivity contribution in [1.82, 2.24) is 9.97 Å². The first-order valence-electron chi connectivity index (χ1n) is 7.21. The third kappa shape index (κ3) is 3.44. The van der Waals surface area contributed by atoms with Crippen molar-refractivity contribution in [2.75, 3.05) is 0 Å². The second kappa shape index (κ2) is 6.70. The minimum atomic E-state index is -0.542. The summed E-state index contributed by atoms with van der Waals surface area (Å²) in [6, 6.07) is 12.3. The Labute approximate surface area is 137 Å². The predicted octanol–water partition coefficient (Wildman–Crippen LogP) is 3.56. The van der Waals surface area contributed by atoms with Crippen molar-refractivity contribution in [1.29, 1.82) is 0 Å². The molecule has 0 fully saturated rings. The average Bonchev–Trinajstić information content (AvgIpc) is 2.59. The van der Waals surface area contributed by atoms with Crippen molar-refractivity contribution >= 4 is 28.9 Å². The van der Waals surface area contributed by atoms with Crippen LogP contribution in [0.4, 0.5) is 5.82 Å². The summed E-state index contributed by atoms with van der Waals surface area (Å²) in [4.78, 5) is 28.6. The number of rotatable bonds is 4. The summed E-state index contributed by atoms with van der Waals surface area (Å²) in [7, 11) is 0. The lowest BCUT2D eigenvalue weighted by Crippen LogP contribution is -2.08. The highest BCUT2D eigenvalue weighted by Gasteiger charge is 2.04. The highest BCUT2D eigenvalue weighted by molar-refractivity contribution is 5.80. The summed E-state index contributed by atoms with van der Waals surface area (Å²) in [5.41, 5.74) is 1.93. The fraction of sp³-hybridized carbons (Fsp3) is 0. The molecule has 6 heteroatoms. The summed E-state index contributed by atoms with van der Waals surface area (Å²) in [6.45, 7) is 0. The Hall–Kier alpha value is -3.54. The number of benzene rings is 1. The molecule has 0 saturated carbocycles. The smallest absolute Gasteiger partial charge is 0.358 e. The lowest BCUT2D eigenvalue weighted by atomic mass is 10.1. The fourth-order valence-corrected chi connectivity index (χ4v) is 2.22. The van der Waals surface area contributed by atoms with Crippen molar-refractivity contribution in [3.63, 3.8) is 0 Å². The Balaban J connectivity index is 1.77. The predicted molar refractivity (Wildman–Crippen MR) is 93.5 cm³/mol. The molecule has 0 aliphatic rings. The van der Waals surface area contributed by atoms with Crippen LogP contribution in [0.2, 0.25) is 0 Å². The van der Waals surface area contributed by atoms with Crippen molar-refractivity contribution in [2.24, 2.45) is 0 Å². The Morgan fingerprint density at radius 1 is 1.08 bits per heavy atom. The number of nitro groups is 1. The monoisotopic (exact) mass is 319 g/mol. The average molecular weight is 319 g/mol. The maximum Gasteiger partial charge on any atom is 0.363 e. The van der Waals surface area contributed by atoms with Crippen LogP contribution >= 0.6 is 0 Å². The van der Waals surface area contributed by atoms with Crippen LogP contribution in [0.5, 0.6) is 0 Å². The van der Waals surface area contributed by atoms with Crippen LogP contribution in [0.1, 0.15) is 11.1 Å². The van der Waals surface area contributed by atoms with Gasteiger partial charge in [0.15, 0.2) is 0 Å². The number of para-hydroxylation sites is 1. The van der Waals surface area contributed by atoms with Crippen LogP contribution in [-0.2, 0) is 0 Å². The van der Waals surface area contributed by atoms with Crippen LogP contribution in [-0.4, -0.2) is 14.9 Å². The van der Waals surface area contributed by atoms with Gasteiger partial charge in [0, 0.05) is 22.7 Å². The van der Waals surface area contributed by atoms with Crippen LogP contribution in [0.25, 0.3) is 23.1 Å². The molecule has 0 aliphatic carbocycles. The number of aromatic nitrogens is 2. The molecule has 2 aromatic heterocycles. The third-order valence-corrected chi connectivity index (χ3v) is 3.42. The maximum absolute atomic E-state index is 12.0. The Morgan fingerprint density at radius 3 is 2.62 bits per heavy atom. The molecule has 3 rings (SSSR count). The van der Waals surface area contributed by atoms with E-state index in [1.165, 1.54) is 12.3 Å². The van der Waals surface area contributed by atoms with E-state index in [2.05, 4.69) is 9.97 Å². The number of aromatic amines is 1. The minimum absolute atomic E-state index is 0.157. The maximum atomic E-state index is 12.0. The van der Waals surface area contributed by atoms with Gasteiger partial charge in [-0.1, -0.05) is 36.4 Å². The van der Waals surface area contributed by atoms with Crippen molar-refractivity contribution < 1.29 is 4.92 Å². The molecule has 0 saturated heterocycles. The third-order valence-electron chi connectivity index (χ3n) is 3.42. The summed E-state index contributed by atoms with van der Waals surface area (Å²) in [6.07, 6.45) is 8.37. The van der Waals surface area contributed by atoms with Gasteiger partial charge in [0.1, 0.15) is 6.20 Å². The van der Waals surface area contributed by atoms with Gasteiger partial charge in [-0.05, 0) is 39.6 Å². The van der Waals surface area contributed by atoms with E-state index in [1.807, 2.05) is 30.3 Å². The Kier molecular flexibility index (Phi) is 4.29. The summed E-state index contributed by atoms with van der Waals surface area (Å²) in [5, 5.41) is 11.5. The van der Waals surface area contributed by atoms with E-state index >= 15 is 0 Å². The summed E-state index contributed by atoms with van der Waals surface area (Å²) < 4.78 is 0. The lowest BCUT2D eigenvalue weighted by Gasteiger charge is -1.98. The number of H-pyrrole nitrogens is 1. The standard InChI is InChI=1S/C18H13N3O3/c22-18-15(11-14-6-3-4-8-16(14)20-18)7-2-1-5-13-9-10-17(19-12-13)21(23)24/h1-12H,(H,20,22)/b5-1+,7-2+. The number of allylic oxidation sites excluding steroid dienone is 2. The summed E-state index contributed by atoms with van der Waals surface area (Å²) in [5.74, 6) is -0.189. The molecule has 0 amide bonds. The second-order valence-corrected chi connectivity index (χ2v) is 5.07. The fourth-order valence-electron chi connectivity index (χ4n) is 2.22. The first-order chi connectivity index (χ1) is 11.6. The molecule has 0 unspecified atom stereocenters. The molecule has 3 aromatic rings. The molecule has 2 heterocycles. The Bertz CT molecular complexity index is 1000. The SMILES string of the molecule is O=c1[nH]c2ccccc2cc1/C=C/C=C/c1ccc([N+](=O)[O-])nc1.